The second kappa shape index (κ2) is 8.67. The molecule has 2 aromatic carbocycles. The van der Waals surface area contributed by atoms with Crippen molar-refractivity contribution in [1.29, 1.82) is 0 Å². The molecule has 33 heavy (non-hydrogen) atoms. The molecule has 1 fully saturated rings. The molecule has 0 aromatic heterocycles. The van der Waals surface area contributed by atoms with E-state index in [1.54, 1.807) is 0 Å². The van der Waals surface area contributed by atoms with Gasteiger partial charge in [-0.05, 0) is 17.7 Å². The standard InChI is InChI=1S/C21H22O12/c22-6-13-15(27)17(29)18(30)21(32-13)33-20-16(28)14-11(26)4-8(23)5-12(14)31-19(20)7-1-2-9(24)10(25)3-7/h1-5,13,15,17-27,29-30H,6H2/t13-,15+,17+,18-,19?,20?,21?/m1/s1. The van der Waals surface area contributed by atoms with Crippen LogP contribution in [-0.2, 0) is 9.47 Å². The van der Waals surface area contributed by atoms with E-state index in [0.29, 0.717) is 0 Å². The van der Waals surface area contributed by atoms with E-state index in [4.69, 9.17) is 14.2 Å². The Morgan fingerprint density at radius 3 is 2.27 bits per heavy atom. The summed E-state index contributed by atoms with van der Waals surface area (Å²) in [5.41, 5.74) is -0.191. The predicted octanol–water partition coefficient (Wildman–Crippen LogP) is -0.990. The lowest BCUT2D eigenvalue weighted by Gasteiger charge is -2.42. The molecule has 0 aliphatic carbocycles. The van der Waals surface area contributed by atoms with E-state index in [9.17, 15) is 45.6 Å². The van der Waals surface area contributed by atoms with E-state index in [0.717, 1.165) is 24.3 Å². The third kappa shape index (κ3) is 4.04. The number of aromatic hydroxyl groups is 4. The largest absolute Gasteiger partial charge is 0.508 e. The van der Waals surface area contributed by atoms with Gasteiger partial charge in [-0.1, -0.05) is 6.07 Å². The molecule has 178 valence electrons. The molecular formula is C21H22O12. The average molecular weight is 466 g/mol. The Kier molecular flexibility index (Phi) is 6.05. The maximum Gasteiger partial charge on any atom is 0.203 e. The van der Waals surface area contributed by atoms with Crippen LogP contribution in [0.3, 0.4) is 0 Å². The van der Waals surface area contributed by atoms with Crippen LogP contribution >= 0.6 is 0 Å². The molecule has 1 saturated heterocycles. The van der Waals surface area contributed by atoms with Gasteiger partial charge in [0.2, 0.25) is 5.78 Å². The van der Waals surface area contributed by atoms with Gasteiger partial charge in [-0.25, -0.2) is 0 Å². The van der Waals surface area contributed by atoms with Crippen molar-refractivity contribution in [3.8, 4) is 28.7 Å². The summed E-state index contributed by atoms with van der Waals surface area (Å²) in [7, 11) is 0. The zero-order valence-electron chi connectivity index (χ0n) is 16.8. The van der Waals surface area contributed by atoms with Gasteiger partial charge in [-0.2, -0.15) is 0 Å². The number of benzene rings is 2. The first kappa shape index (κ1) is 23.0. The molecule has 12 heteroatoms. The van der Waals surface area contributed by atoms with Crippen LogP contribution in [0.15, 0.2) is 30.3 Å². The predicted molar refractivity (Wildman–Crippen MR) is 106 cm³/mol. The van der Waals surface area contributed by atoms with Crippen molar-refractivity contribution in [2.45, 2.75) is 42.9 Å². The number of Topliss-reactive ketones (excluding diaryl/α,β-unsaturated/α-hetero) is 1. The zero-order chi connectivity index (χ0) is 24.0. The van der Waals surface area contributed by atoms with Gasteiger partial charge in [0.15, 0.2) is 30.0 Å². The maximum atomic E-state index is 13.3. The molecule has 2 heterocycles. The summed E-state index contributed by atoms with van der Waals surface area (Å²) in [5.74, 6) is -3.00. The highest BCUT2D eigenvalue weighted by atomic mass is 16.7. The fourth-order valence-electron chi connectivity index (χ4n) is 3.82. The van der Waals surface area contributed by atoms with Crippen LogP contribution in [0.2, 0.25) is 0 Å². The van der Waals surface area contributed by atoms with Gasteiger partial charge in [0.05, 0.1) is 6.61 Å². The molecule has 2 aliphatic heterocycles. The van der Waals surface area contributed by atoms with E-state index in [-0.39, 0.29) is 22.6 Å². The molecule has 2 aromatic rings. The number of aliphatic hydroxyl groups is 4. The van der Waals surface area contributed by atoms with Crippen molar-refractivity contribution in [2.75, 3.05) is 6.61 Å². The summed E-state index contributed by atoms with van der Waals surface area (Å²) in [6.07, 6.45) is -11.2. The molecule has 7 atom stereocenters. The van der Waals surface area contributed by atoms with Crippen molar-refractivity contribution in [2.24, 2.45) is 0 Å². The minimum Gasteiger partial charge on any atom is -0.508 e. The van der Waals surface area contributed by atoms with Gasteiger partial charge >= 0.3 is 0 Å². The minimum atomic E-state index is -1.82. The molecule has 0 amide bonds. The van der Waals surface area contributed by atoms with E-state index >= 15 is 0 Å². The van der Waals surface area contributed by atoms with Crippen molar-refractivity contribution >= 4 is 5.78 Å². The minimum absolute atomic E-state index is 0.140. The van der Waals surface area contributed by atoms with Crippen molar-refractivity contribution < 1.29 is 59.9 Å². The maximum absolute atomic E-state index is 13.3. The van der Waals surface area contributed by atoms with Gasteiger partial charge in [0.1, 0.15) is 47.2 Å². The summed E-state index contributed by atoms with van der Waals surface area (Å²) < 4.78 is 16.7. The Labute approximate surface area is 186 Å². The topological polar surface area (TPSA) is 207 Å². The number of aliphatic hydroxyl groups excluding tert-OH is 4. The first-order valence-corrected chi connectivity index (χ1v) is 9.87. The number of carbonyl (C=O) groups excluding carboxylic acids is 1. The van der Waals surface area contributed by atoms with Crippen LogP contribution in [0.5, 0.6) is 28.7 Å². The lowest BCUT2D eigenvalue weighted by molar-refractivity contribution is -0.311. The fraction of sp³-hybridized carbons (Fsp3) is 0.381. The number of hydrogen-bond donors (Lipinski definition) is 8. The summed E-state index contributed by atoms with van der Waals surface area (Å²) >= 11 is 0. The number of rotatable bonds is 4. The average Bonchev–Trinajstić information content (AvgIpc) is 2.76. The van der Waals surface area contributed by atoms with Gasteiger partial charge < -0.3 is 55.1 Å². The number of carbonyl (C=O) groups is 1. The van der Waals surface area contributed by atoms with Crippen LogP contribution in [0.4, 0.5) is 0 Å². The molecular weight excluding hydrogens is 444 g/mol. The smallest absolute Gasteiger partial charge is 0.203 e. The fourth-order valence-corrected chi connectivity index (χ4v) is 3.82. The zero-order valence-corrected chi connectivity index (χ0v) is 16.8. The first-order chi connectivity index (χ1) is 15.6. The lowest BCUT2D eigenvalue weighted by Crippen LogP contribution is -2.60. The summed E-state index contributed by atoms with van der Waals surface area (Å²) in [4.78, 5) is 13.3. The first-order valence-electron chi connectivity index (χ1n) is 9.87. The second-order valence-corrected chi connectivity index (χ2v) is 7.74. The third-order valence-corrected chi connectivity index (χ3v) is 5.56. The van der Waals surface area contributed by atoms with E-state index in [1.807, 2.05) is 0 Å². The number of phenolic OH excluding ortho intramolecular Hbond substituents is 4. The van der Waals surface area contributed by atoms with Crippen molar-refractivity contribution in [1.82, 2.24) is 0 Å². The van der Waals surface area contributed by atoms with Crippen LogP contribution < -0.4 is 4.74 Å². The molecule has 4 rings (SSSR count). The summed E-state index contributed by atoms with van der Waals surface area (Å²) in [6, 6.07) is 5.57. The second-order valence-electron chi connectivity index (χ2n) is 7.74. The van der Waals surface area contributed by atoms with Gasteiger partial charge in [0, 0.05) is 12.1 Å². The Bertz CT molecular complexity index is 1050. The summed E-state index contributed by atoms with van der Waals surface area (Å²) in [5, 5.41) is 79.2. The van der Waals surface area contributed by atoms with Crippen molar-refractivity contribution in [3.63, 3.8) is 0 Å². The molecule has 8 N–H and O–H groups in total. The normalized spacial score (nSPS) is 31.6. The van der Waals surface area contributed by atoms with Gasteiger partial charge in [0.25, 0.3) is 0 Å². The Balaban J connectivity index is 1.75. The number of fused-ring (bicyclic) bond motifs is 1. The molecule has 0 radical (unpaired) electrons. The Hall–Kier alpha value is -3.13. The number of ketones is 1. The van der Waals surface area contributed by atoms with Crippen LogP contribution in [0.1, 0.15) is 22.0 Å². The highest BCUT2D eigenvalue weighted by molar-refractivity contribution is 6.05. The van der Waals surface area contributed by atoms with E-state index in [1.165, 1.54) is 6.07 Å². The van der Waals surface area contributed by atoms with Gasteiger partial charge in [-0.15, -0.1) is 0 Å². The molecule has 0 spiro atoms. The SMILES string of the molecule is O=C1c2c(O)cc(O)cc2OC(c2ccc(O)c(O)c2)C1OC1O[C@H](CO)[C@H](O)[C@H](O)[C@H]1O. The monoisotopic (exact) mass is 466 g/mol. The molecule has 12 nitrogen and oxygen atoms in total. The van der Waals surface area contributed by atoms with E-state index in [2.05, 4.69) is 0 Å². The molecule has 0 saturated carbocycles. The highest BCUT2D eigenvalue weighted by Gasteiger charge is 2.49. The van der Waals surface area contributed by atoms with E-state index < -0.39 is 72.6 Å². The Morgan fingerprint density at radius 2 is 1.61 bits per heavy atom. The summed E-state index contributed by atoms with van der Waals surface area (Å²) in [6.45, 7) is -0.724. The number of hydrogen-bond acceptors (Lipinski definition) is 12. The molecule has 3 unspecified atom stereocenters. The molecule has 0 bridgehead atoms. The quantitative estimate of drug-likeness (QED) is 0.256. The highest BCUT2D eigenvalue weighted by Crippen LogP contribution is 2.44. The third-order valence-electron chi connectivity index (χ3n) is 5.56. The lowest BCUT2D eigenvalue weighted by atomic mass is 9.92. The number of phenols is 4. The Morgan fingerprint density at radius 1 is 0.879 bits per heavy atom. The molecule has 2 aliphatic rings. The van der Waals surface area contributed by atoms with Gasteiger partial charge in [-0.3, -0.25) is 4.79 Å². The number of ether oxygens (including phenoxy) is 3. The van der Waals surface area contributed by atoms with Crippen LogP contribution in [0, 0.1) is 0 Å². The van der Waals surface area contributed by atoms with Crippen LogP contribution in [-0.4, -0.2) is 90.1 Å². The van der Waals surface area contributed by atoms with Crippen LogP contribution in [0.25, 0.3) is 0 Å². The van der Waals surface area contributed by atoms with Crippen molar-refractivity contribution in [3.05, 3.63) is 41.5 Å².